The number of benzene rings is 2. The van der Waals surface area contributed by atoms with E-state index < -0.39 is 6.10 Å². The first-order chi connectivity index (χ1) is 14.9. The highest BCUT2D eigenvalue weighted by Gasteiger charge is 2.29. The van der Waals surface area contributed by atoms with E-state index in [0.29, 0.717) is 30.0 Å². The van der Waals surface area contributed by atoms with Crippen LogP contribution in [0.25, 0.3) is 11.0 Å². The van der Waals surface area contributed by atoms with Crippen molar-refractivity contribution in [2.24, 2.45) is 0 Å². The molecule has 0 fully saturated rings. The summed E-state index contributed by atoms with van der Waals surface area (Å²) in [6.07, 6.45) is 0.211. The van der Waals surface area contributed by atoms with Crippen LogP contribution in [0, 0.1) is 0 Å². The van der Waals surface area contributed by atoms with Gasteiger partial charge in [0.05, 0.1) is 16.7 Å². The minimum atomic E-state index is -0.553. The number of hydrogen-bond donors (Lipinski definition) is 2. The highest BCUT2D eigenvalue weighted by Crippen LogP contribution is 2.34. The Bertz CT molecular complexity index is 1120. The van der Waals surface area contributed by atoms with E-state index in [1.165, 1.54) is 4.90 Å². The van der Waals surface area contributed by atoms with Gasteiger partial charge in [-0.1, -0.05) is 12.1 Å². The number of aromatic amines is 1. The molecule has 1 unspecified atom stereocenters. The average Bonchev–Trinajstić information content (AvgIpc) is 3.18. The molecule has 2 N–H and O–H groups in total. The highest BCUT2D eigenvalue weighted by molar-refractivity contribution is 6.03. The predicted molar refractivity (Wildman–Crippen MR) is 116 cm³/mol. The molecule has 1 aliphatic heterocycles. The Labute approximate surface area is 179 Å². The number of carbonyl (C=O) groups excluding carboxylic acids is 3. The van der Waals surface area contributed by atoms with Gasteiger partial charge in [0.15, 0.2) is 11.9 Å². The first kappa shape index (κ1) is 20.6. The van der Waals surface area contributed by atoms with Crippen molar-refractivity contribution in [3.05, 3.63) is 53.9 Å². The summed E-state index contributed by atoms with van der Waals surface area (Å²) in [6.45, 7) is 2.13. The number of fused-ring (bicyclic) bond motifs is 2. The van der Waals surface area contributed by atoms with Gasteiger partial charge < -0.3 is 19.9 Å². The van der Waals surface area contributed by atoms with Crippen LogP contribution in [-0.4, -0.2) is 47.3 Å². The van der Waals surface area contributed by atoms with Crippen molar-refractivity contribution in [1.29, 1.82) is 0 Å². The van der Waals surface area contributed by atoms with Gasteiger partial charge in [-0.05, 0) is 37.3 Å². The molecule has 2 heterocycles. The summed E-state index contributed by atoms with van der Waals surface area (Å²) >= 11 is 0. The van der Waals surface area contributed by atoms with Crippen LogP contribution in [0.5, 0.6) is 5.75 Å². The zero-order chi connectivity index (χ0) is 22.0. The number of H-pyrrole nitrogens is 1. The van der Waals surface area contributed by atoms with Gasteiger partial charge in [0.1, 0.15) is 11.6 Å². The van der Waals surface area contributed by atoms with E-state index in [9.17, 15) is 14.4 Å². The SMILES string of the molecule is CC1Oc2ccc(C(=O)CCC(=O)NCCc3nc4ccccc4[nH]3)cc2N(C)C1=O. The molecular formula is C23H24N4O4. The van der Waals surface area contributed by atoms with Crippen LogP contribution in [0.15, 0.2) is 42.5 Å². The normalized spacial score (nSPS) is 15.5. The molecule has 2 aromatic carbocycles. The first-order valence-corrected chi connectivity index (χ1v) is 10.2. The van der Waals surface area contributed by atoms with Crippen molar-refractivity contribution < 1.29 is 19.1 Å². The molecule has 8 heteroatoms. The summed E-state index contributed by atoms with van der Waals surface area (Å²) in [5, 5.41) is 2.83. The third-order valence-corrected chi connectivity index (χ3v) is 5.33. The molecule has 160 valence electrons. The Morgan fingerprint density at radius 3 is 2.81 bits per heavy atom. The molecule has 1 aliphatic rings. The second kappa shape index (κ2) is 8.59. The minimum absolute atomic E-state index is 0.0875. The van der Waals surface area contributed by atoms with Crippen molar-refractivity contribution >= 4 is 34.3 Å². The summed E-state index contributed by atoms with van der Waals surface area (Å²) in [5.41, 5.74) is 2.87. The number of Topliss-reactive ketones (excluding diaryl/α,β-unsaturated/α-hetero) is 1. The number of carbonyl (C=O) groups is 3. The Morgan fingerprint density at radius 2 is 2.00 bits per heavy atom. The van der Waals surface area contributed by atoms with E-state index in [2.05, 4.69) is 15.3 Å². The Morgan fingerprint density at radius 1 is 1.19 bits per heavy atom. The fourth-order valence-corrected chi connectivity index (χ4v) is 3.59. The average molecular weight is 420 g/mol. The van der Waals surface area contributed by atoms with Crippen LogP contribution in [0.2, 0.25) is 0 Å². The Kier molecular flexibility index (Phi) is 5.70. The summed E-state index contributed by atoms with van der Waals surface area (Å²) in [7, 11) is 1.66. The van der Waals surface area contributed by atoms with Gasteiger partial charge in [-0.2, -0.15) is 0 Å². The number of anilines is 1. The molecule has 0 saturated carbocycles. The zero-order valence-corrected chi connectivity index (χ0v) is 17.5. The molecule has 2 amide bonds. The smallest absolute Gasteiger partial charge is 0.267 e. The minimum Gasteiger partial charge on any atom is -0.479 e. The highest BCUT2D eigenvalue weighted by atomic mass is 16.5. The number of amides is 2. The van der Waals surface area contributed by atoms with E-state index in [4.69, 9.17) is 4.74 Å². The van der Waals surface area contributed by atoms with Gasteiger partial charge in [-0.25, -0.2) is 4.98 Å². The molecule has 0 bridgehead atoms. The van der Waals surface area contributed by atoms with E-state index >= 15 is 0 Å². The largest absolute Gasteiger partial charge is 0.479 e. The van der Waals surface area contributed by atoms with Gasteiger partial charge in [0.25, 0.3) is 5.91 Å². The monoisotopic (exact) mass is 420 g/mol. The van der Waals surface area contributed by atoms with E-state index in [1.807, 2.05) is 24.3 Å². The molecule has 1 atom stereocenters. The maximum atomic E-state index is 12.5. The van der Waals surface area contributed by atoms with Gasteiger partial charge in [0.2, 0.25) is 5.91 Å². The van der Waals surface area contributed by atoms with Crippen molar-refractivity contribution in [3.8, 4) is 5.75 Å². The lowest BCUT2D eigenvalue weighted by molar-refractivity contribution is -0.125. The summed E-state index contributed by atoms with van der Waals surface area (Å²) in [5.74, 6) is 0.860. The number of imidazole rings is 1. The number of likely N-dealkylation sites (N-methyl/N-ethyl adjacent to an activating group) is 1. The maximum absolute atomic E-state index is 12.5. The molecule has 0 saturated heterocycles. The predicted octanol–water partition coefficient (Wildman–Crippen LogP) is 2.63. The van der Waals surface area contributed by atoms with Crippen LogP contribution in [0.1, 0.15) is 35.9 Å². The number of hydrogen-bond acceptors (Lipinski definition) is 5. The lowest BCUT2D eigenvalue weighted by Gasteiger charge is -2.30. The van der Waals surface area contributed by atoms with E-state index in [-0.39, 0.29) is 30.4 Å². The number of ether oxygens (including phenoxy) is 1. The Hall–Kier alpha value is -3.68. The number of nitrogens with zero attached hydrogens (tertiary/aromatic N) is 2. The lowest BCUT2D eigenvalue weighted by Crippen LogP contribution is -2.42. The molecule has 0 aliphatic carbocycles. The third-order valence-electron chi connectivity index (χ3n) is 5.33. The first-order valence-electron chi connectivity index (χ1n) is 10.2. The fraction of sp³-hybridized carbons (Fsp3) is 0.304. The molecule has 0 spiro atoms. The lowest BCUT2D eigenvalue weighted by atomic mass is 10.0. The van der Waals surface area contributed by atoms with Crippen LogP contribution < -0.4 is 15.0 Å². The van der Waals surface area contributed by atoms with Crippen molar-refractivity contribution in [1.82, 2.24) is 15.3 Å². The number of rotatable bonds is 7. The van der Waals surface area contributed by atoms with Crippen LogP contribution in [0.4, 0.5) is 5.69 Å². The van der Waals surface area contributed by atoms with Gasteiger partial charge in [-0.3, -0.25) is 14.4 Å². The van der Waals surface area contributed by atoms with Crippen LogP contribution >= 0.6 is 0 Å². The standard InChI is InChI=1S/C23H24N4O4/c1-14-23(30)27(2)18-13-15(7-9-20(18)31-14)19(28)8-10-22(29)24-12-11-21-25-16-5-3-4-6-17(16)26-21/h3-7,9,13-14H,8,10-12H2,1-2H3,(H,24,29)(H,25,26). The summed E-state index contributed by atoms with van der Waals surface area (Å²) in [4.78, 5) is 46.0. The fourth-order valence-electron chi connectivity index (χ4n) is 3.59. The second-order valence-corrected chi connectivity index (χ2v) is 7.56. The number of nitrogens with one attached hydrogen (secondary N) is 2. The molecule has 0 radical (unpaired) electrons. The van der Waals surface area contributed by atoms with Crippen LogP contribution in [-0.2, 0) is 16.0 Å². The molecule has 1 aromatic heterocycles. The molecule has 4 rings (SSSR count). The van der Waals surface area contributed by atoms with Crippen molar-refractivity contribution in [2.75, 3.05) is 18.5 Å². The van der Waals surface area contributed by atoms with E-state index in [0.717, 1.165) is 16.9 Å². The van der Waals surface area contributed by atoms with Crippen LogP contribution in [0.3, 0.4) is 0 Å². The maximum Gasteiger partial charge on any atom is 0.267 e. The summed E-state index contributed by atoms with van der Waals surface area (Å²) in [6, 6.07) is 12.7. The zero-order valence-electron chi connectivity index (χ0n) is 17.5. The number of ketones is 1. The van der Waals surface area contributed by atoms with Gasteiger partial charge in [-0.15, -0.1) is 0 Å². The molecule has 8 nitrogen and oxygen atoms in total. The van der Waals surface area contributed by atoms with E-state index in [1.54, 1.807) is 32.2 Å². The van der Waals surface area contributed by atoms with Gasteiger partial charge >= 0.3 is 0 Å². The topological polar surface area (TPSA) is 104 Å². The quantitative estimate of drug-likeness (QED) is 0.572. The third kappa shape index (κ3) is 4.42. The molecule has 31 heavy (non-hydrogen) atoms. The van der Waals surface area contributed by atoms with Crippen molar-refractivity contribution in [2.45, 2.75) is 32.3 Å². The number of aromatic nitrogens is 2. The Balaban J connectivity index is 1.27. The number of para-hydroxylation sites is 2. The summed E-state index contributed by atoms with van der Waals surface area (Å²) < 4.78 is 5.57. The van der Waals surface area contributed by atoms with Crippen molar-refractivity contribution in [3.63, 3.8) is 0 Å². The molecular weight excluding hydrogens is 396 g/mol. The van der Waals surface area contributed by atoms with Gasteiger partial charge in [0, 0.05) is 38.4 Å². The molecule has 3 aromatic rings. The second-order valence-electron chi connectivity index (χ2n) is 7.56.